The lowest BCUT2D eigenvalue weighted by Gasteiger charge is -2.09. The molecule has 2 aromatic carbocycles. The Morgan fingerprint density at radius 1 is 1.12 bits per heavy atom. The molecule has 1 aromatic heterocycles. The third-order valence-electron chi connectivity index (χ3n) is 4.57. The zero-order valence-corrected chi connectivity index (χ0v) is 17.5. The molecule has 0 aliphatic rings. The van der Waals surface area contributed by atoms with E-state index in [1.807, 2.05) is 24.3 Å². The quantitative estimate of drug-likeness (QED) is 0.342. The largest absolute Gasteiger partial charge is 0.493 e. The number of hydrogen-bond acceptors (Lipinski definition) is 8. The Labute approximate surface area is 183 Å². The average Bonchev–Trinajstić information content (AvgIpc) is 2.81. The third-order valence-corrected chi connectivity index (χ3v) is 4.57. The molecule has 0 amide bonds. The lowest BCUT2D eigenvalue weighted by Crippen LogP contribution is -2.20. The van der Waals surface area contributed by atoms with Gasteiger partial charge < -0.3 is 14.6 Å². The van der Waals surface area contributed by atoms with Gasteiger partial charge in [0.15, 0.2) is 5.69 Å². The maximum atomic E-state index is 12.3. The van der Waals surface area contributed by atoms with Crippen LogP contribution in [0.15, 0.2) is 69.6 Å². The Kier molecular flexibility index (Phi) is 6.98. The van der Waals surface area contributed by atoms with Gasteiger partial charge in [-0.2, -0.15) is 10.4 Å². The van der Waals surface area contributed by atoms with Crippen LogP contribution in [0, 0.1) is 18.3 Å². The van der Waals surface area contributed by atoms with Crippen LogP contribution < -0.4 is 10.3 Å². The summed E-state index contributed by atoms with van der Waals surface area (Å²) in [6.07, 6.45) is 0. The fraction of sp³-hybridized carbons (Fsp3) is 0.174. The first-order valence-electron chi connectivity index (χ1n) is 9.61. The van der Waals surface area contributed by atoms with Gasteiger partial charge in [0.05, 0.1) is 11.3 Å². The number of aromatic hydroxyl groups is 1. The van der Waals surface area contributed by atoms with Crippen LogP contribution in [0.4, 0.5) is 11.4 Å². The predicted molar refractivity (Wildman–Crippen MR) is 116 cm³/mol. The highest BCUT2D eigenvalue weighted by Crippen LogP contribution is 2.31. The molecular weight excluding hydrogens is 412 g/mol. The highest BCUT2D eigenvalue weighted by Gasteiger charge is 2.17. The number of hydrogen-bond donors (Lipinski definition) is 1. The minimum atomic E-state index is -0.623. The van der Waals surface area contributed by atoms with Crippen molar-refractivity contribution in [2.75, 3.05) is 13.2 Å². The molecule has 0 unspecified atom stereocenters. The van der Waals surface area contributed by atoms with Crippen LogP contribution in [-0.2, 0) is 11.8 Å². The van der Waals surface area contributed by atoms with Gasteiger partial charge in [-0.25, -0.2) is 4.79 Å². The van der Waals surface area contributed by atoms with Gasteiger partial charge in [-0.15, -0.1) is 5.11 Å². The average molecular weight is 432 g/mol. The molecule has 1 N–H and O–H groups in total. The Morgan fingerprint density at radius 3 is 2.59 bits per heavy atom. The molecule has 0 fully saturated rings. The van der Waals surface area contributed by atoms with Gasteiger partial charge in [-0.1, -0.05) is 24.3 Å². The second-order valence-electron chi connectivity index (χ2n) is 6.70. The number of esters is 1. The van der Waals surface area contributed by atoms with Crippen molar-refractivity contribution in [3.8, 4) is 17.7 Å². The Balaban J connectivity index is 1.69. The number of para-hydroxylation sites is 1. The minimum Gasteiger partial charge on any atom is -0.493 e. The minimum absolute atomic E-state index is 0.00492. The lowest BCUT2D eigenvalue weighted by molar-refractivity contribution is 0.0450. The van der Waals surface area contributed by atoms with E-state index >= 15 is 0 Å². The van der Waals surface area contributed by atoms with Gasteiger partial charge in [0.1, 0.15) is 30.6 Å². The van der Waals surface area contributed by atoms with Crippen LogP contribution >= 0.6 is 0 Å². The highest BCUT2D eigenvalue weighted by atomic mass is 16.6. The van der Waals surface area contributed by atoms with E-state index in [0.717, 1.165) is 4.57 Å². The standard InChI is InChI=1S/C23H20N4O5/c1-15-19(14-24)21(28)27(2)22(29)20(15)26-25-17-8-6-7-16(13-17)23(30)32-12-11-31-18-9-4-3-5-10-18/h3-10,13,29H,11-12H2,1-2H3/b26-25+. The van der Waals surface area contributed by atoms with Crippen LogP contribution in [0.5, 0.6) is 11.6 Å². The first kappa shape index (κ1) is 22.2. The molecule has 0 spiro atoms. The van der Waals surface area contributed by atoms with E-state index in [1.54, 1.807) is 30.3 Å². The molecule has 0 aliphatic heterocycles. The zero-order valence-electron chi connectivity index (χ0n) is 17.5. The third kappa shape index (κ3) is 4.99. The van der Waals surface area contributed by atoms with Crippen molar-refractivity contribution >= 4 is 17.3 Å². The fourth-order valence-electron chi connectivity index (χ4n) is 2.82. The topological polar surface area (TPSA) is 126 Å². The molecule has 0 radical (unpaired) electrons. The normalized spacial score (nSPS) is 10.7. The van der Waals surface area contributed by atoms with Crippen molar-refractivity contribution in [2.45, 2.75) is 6.92 Å². The number of azo groups is 1. The maximum absolute atomic E-state index is 12.3. The molecule has 32 heavy (non-hydrogen) atoms. The lowest BCUT2D eigenvalue weighted by atomic mass is 10.1. The monoisotopic (exact) mass is 432 g/mol. The second kappa shape index (κ2) is 10.0. The van der Waals surface area contributed by atoms with E-state index in [2.05, 4.69) is 10.2 Å². The van der Waals surface area contributed by atoms with Crippen LogP contribution in [0.1, 0.15) is 21.5 Å². The number of ether oxygens (including phenoxy) is 2. The number of nitriles is 1. The van der Waals surface area contributed by atoms with Gasteiger partial charge in [0.25, 0.3) is 5.56 Å². The number of pyridine rings is 1. The summed E-state index contributed by atoms with van der Waals surface area (Å²) in [7, 11) is 1.33. The maximum Gasteiger partial charge on any atom is 0.338 e. The molecule has 0 saturated carbocycles. The predicted octanol–water partition coefficient (Wildman–Crippen LogP) is 3.92. The summed E-state index contributed by atoms with van der Waals surface area (Å²) in [4.78, 5) is 24.3. The van der Waals surface area contributed by atoms with Crippen molar-refractivity contribution < 1.29 is 19.4 Å². The molecule has 3 rings (SSSR count). The number of carbonyl (C=O) groups is 1. The summed E-state index contributed by atoms with van der Waals surface area (Å²) in [6, 6.07) is 17.3. The first-order chi connectivity index (χ1) is 15.4. The summed E-state index contributed by atoms with van der Waals surface area (Å²) in [6.45, 7) is 1.78. The van der Waals surface area contributed by atoms with Gasteiger partial charge in [0.2, 0.25) is 5.88 Å². The number of nitrogens with zero attached hydrogens (tertiary/aromatic N) is 4. The number of aromatic nitrogens is 1. The SMILES string of the molecule is Cc1c(/N=N/c2cccc(C(=O)OCCOc3ccccc3)c2)c(O)n(C)c(=O)c1C#N. The molecular formula is C23H20N4O5. The Bertz CT molecular complexity index is 1260. The van der Waals surface area contributed by atoms with Gasteiger partial charge in [-0.3, -0.25) is 9.36 Å². The Hall–Kier alpha value is -4.45. The van der Waals surface area contributed by atoms with Gasteiger partial charge in [-0.05, 0) is 37.3 Å². The van der Waals surface area contributed by atoms with E-state index < -0.39 is 17.4 Å². The smallest absolute Gasteiger partial charge is 0.338 e. The molecule has 9 heteroatoms. The van der Waals surface area contributed by atoms with Crippen LogP contribution in [-0.4, -0.2) is 28.9 Å². The van der Waals surface area contributed by atoms with Crippen LogP contribution in [0.3, 0.4) is 0 Å². The van der Waals surface area contributed by atoms with E-state index in [9.17, 15) is 20.0 Å². The van der Waals surface area contributed by atoms with E-state index in [1.165, 1.54) is 20.0 Å². The summed E-state index contributed by atoms with van der Waals surface area (Å²) in [5.74, 6) is -0.279. The highest BCUT2D eigenvalue weighted by molar-refractivity contribution is 5.90. The molecule has 0 aliphatic carbocycles. The molecule has 0 bridgehead atoms. The van der Waals surface area contributed by atoms with Crippen molar-refractivity contribution in [3.05, 3.63) is 81.6 Å². The number of carbonyl (C=O) groups excluding carboxylic acids is 1. The summed E-state index contributed by atoms with van der Waals surface area (Å²) in [5, 5.41) is 27.4. The second-order valence-corrected chi connectivity index (χ2v) is 6.70. The molecule has 3 aromatic rings. The summed E-state index contributed by atoms with van der Waals surface area (Å²) in [5.41, 5.74) is 0.0451. The first-order valence-corrected chi connectivity index (χ1v) is 9.61. The Morgan fingerprint density at radius 2 is 1.88 bits per heavy atom. The van der Waals surface area contributed by atoms with Gasteiger partial charge >= 0.3 is 5.97 Å². The molecule has 162 valence electrons. The van der Waals surface area contributed by atoms with Crippen molar-refractivity contribution in [1.29, 1.82) is 5.26 Å². The zero-order chi connectivity index (χ0) is 23.1. The van der Waals surface area contributed by atoms with Crippen LogP contribution in [0.25, 0.3) is 0 Å². The van der Waals surface area contributed by atoms with Gasteiger partial charge in [0, 0.05) is 12.6 Å². The van der Waals surface area contributed by atoms with Crippen molar-refractivity contribution in [2.24, 2.45) is 17.3 Å². The van der Waals surface area contributed by atoms with E-state index in [4.69, 9.17) is 9.47 Å². The molecule has 0 atom stereocenters. The van der Waals surface area contributed by atoms with E-state index in [-0.39, 0.29) is 35.6 Å². The number of rotatable bonds is 7. The summed E-state index contributed by atoms with van der Waals surface area (Å²) >= 11 is 0. The molecule has 9 nitrogen and oxygen atoms in total. The molecule has 1 heterocycles. The van der Waals surface area contributed by atoms with Crippen LogP contribution in [0.2, 0.25) is 0 Å². The number of benzene rings is 2. The van der Waals surface area contributed by atoms with Crippen molar-refractivity contribution in [3.63, 3.8) is 0 Å². The molecule has 0 saturated heterocycles. The van der Waals surface area contributed by atoms with E-state index in [0.29, 0.717) is 11.4 Å². The fourth-order valence-corrected chi connectivity index (χ4v) is 2.82. The summed E-state index contributed by atoms with van der Waals surface area (Å²) < 4.78 is 11.6. The van der Waals surface area contributed by atoms with Crippen molar-refractivity contribution in [1.82, 2.24) is 4.57 Å².